The molecule has 1 atom stereocenters. The van der Waals surface area contributed by atoms with Crippen molar-refractivity contribution < 1.29 is 18.7 Å². The highest BCUT2D eigenvalue weighted by molar-refractivity contribution is 5.79. The lowest BCUT2D eigenvalue weighted by atomic mass is 10.0. The van der Waals surface area contributed by atoms with E-state index in [2.05, 4.69) is 34.1 Å². The van der Waals surface area contributed by atoms with E-state index in [1.165, 1.54) is 24.8 Å². The predicted molar refractivity (Wildman–Crippen MR) is 134 cm³/mol. The standard InChI is InChI=1S/C28H33N3O4/c1-33-26-12-11-22(16-27(26)35-24-9-5-6-10-24)30-13-14-31(28(32)17-25-18-29-20-34-25)23(19-30)15-21-7-3-2-4-8-21/h2-4,7-8,11-12,16,18,20,23-24H,5-6,9-10,13-15,17,19H2,1H3/t23-/m0/s1. The molecule has 7 heteroatoms. The van der Waals surface area contributed by atoms with Crippen molar-refractivity contribution in [3.8, 4) is 11.5 Å². The van der Waals surface area contributed by atoms with Crippen LogP contribution in [0.5, 0.6) is 11.5 Å². The van der Waals surface area contributed by atoms with Gasteiger partial charge in [0.1, 0.15) is 5.76 Å². The molecule has 5 rings (SSSR count). The molecule has 2 heterocycles. The van der Waals surface area contributed by atoms with E-state index >= 15 is 0 Å². The van der Waals surface area contributed by atoms with E-state index in [1.807, 2.05) is 29.2 Å². The molecule has 1 aromatic heterocycles. The van der Waals surface area contributed by atoms with Gasteiger partial charge >= 0.3 is 0 Å². The van der Waals surface area contributed by atoms with Gasteiger partial charge in [-0.15, -0.1) is 0 Å². The number of piperazine rings is 1. The van der Waals surface area contributed by atoms with E-state index in [1.54, 1.807) is 13.3 Å². The van der Waals surface area contributed by atoms with Gasteiger partial charge < -0.3 is 23.7 Å². The third-order valence-corrected chi connectivity index (χ3v) is 7.03. The summed E-state index contributed by atoms with van der Waals surface area (Å²) in [6.07, 6.45) is 8.90. The molecule has 1 amide bonds. The van der Waals surface area contributed by atoms with Crippen molar-refractivity contribution in [3.63, 3.8) is 0 Å². The summed E-state index contributed by atoms with van der Waals surface area (Å²) in [6.45, 7) is 2.14. The van der Waals surface area contributed by atoms with Crippen LogP contribution in [0.25, 0.3) is 0 Å². The third-order valence-electron chi connectivity index (χ3n) is 7.03. The molecule has 35 heavy (non-hydrogen) atoms. The molecule has 1 saturated heterocycles. The van der Waals surface area contributed by atoms with Gasteiger partial charge in [0.05, 0.1) is 31.9 Å². The quantitative estimate of drug-likeness (QED) is 0.478. The Balaban J connectivity index is 1.35. The zero-order valence-electron chi connectivity index (χ0n) is 20.3. The molecule has 2 aliphatic rings. The number of aromatic nitrogens is 1. The smallest absolute Gasteiger partial charge is 0.230 e. The monoisotopic (exact) mass is 475 g/mol. The molecule has 0 unspecified atom stereocenters. The fourth-order valence-electron chi connectivity index (χ4n) is 5.20. The van der Waals surface area contributed by atoms with Crippen molar-refractivity contribution in [1.82, 2.24) is 9.88 Å². The lowest BCUT2D eigenvalue weighted by molar-refractivity contribution is -0.133. The number of nitrogens with zero attached hydrogens (tertiary/aromatic N) is 3. The van der Waals surface area contributed by atoms with Crippen LogP contribution in [0.2, 0.25) is 0 Å². The minimum Gasteiger partial charge on any atom is -0.493 e. The maximum absolute atomic E-state index is 13.2. The molecule has 184 valence electrons. The molecule has 2 aromatic carbocycles. The summed E-state index contributed by atoms with van der Waals surface area (Å²) in [5.41, 5.74) is 2.32. The van der Waals surface area contributed by atoms with Crippen molar-refractivity contribution in [1.29, 1.82) is 0 Å². The van der Waals surface area contributed by atoms with Gasteiger partial charge in [0.2, 0.25) is 5.91 Å². The number of methoxy groups -OCH3 is 1. The largest absolute Gasteiger partial charge is 0.493 e. The van der Waals surface area contributed by atoms with E-state index in [-0.39, 0.29) is 24.5 Å². The second kappa shape index (κ2) is 10.8. The first-order valence-electron chi connectivity index (χ1n) is 12.5. The van der Waals surface area contributed by atoms with E-state index in [0.717, 1.165) is 49.5 Å². The first kappa shape index (κ1) is 23.3. The maximum Gasteiger partial charge on any atom is 0.230 e. The van der Waals surface area contributed by atoms with Crippen LogP contribution in [-0.4, -0.2) is 54.7 Å². The highest BCUT2D eigenvalue weighted by atomic mass is 16.5. The Morgan fingerprint density at radius 3 is 2.66 bits per heavy atom. The summed E-state index contributed by atoms with van der Waals surface area (Å²) in [5, 5.41) is 0. The highest BCUT2D eigenvalue weighted by Crippen LogP contribution is 2.36. The van der Waals surface area contributed by atoms with Crippen molar-refractivity contribution in [3.05, 3.63) is 72.4 Å². The van der Waals surface area contributed by atoms with E-state index in [9.17, 15) is 4.79 Å². The van der Waals surface area contributed by atoms with Crippen LogP contribution in [0.1, 0.15) is 37.0 Å². The molecular weight excluding hydrogens is 442 g/mol. The molecule has 0 N–H and O–H groups in total. The predicted octanol–water partition coefficient (Wildman–Crippen LogP) is 4.51. The lowest BCUT2D eigenvalue weighted by Crippen LogP contribution is -2.56. The Morgan fingerprint density at radius 2 is 1.91 bits per heavy atom. The van der Waals surface area contributed by atoms with Crippen LogP contribution in [-0.2, 0) is 17.6 Å². The topological polar surface area (TPSA) is 68.0 Å². The van der Waals surface area contributed by atoms with Gasteiger partial charge in [-0.1, -0.05) is 30.3 Å². The van der Waals surface area contributed by atoms with Gasteiger partial charge in [-0.05, 0) is 49.8 Å². The van der Waals surface area contributed by atoms with Gasteiger partial charge in [0, 0.05) is 31.4 Å². The number of anilines is 1. The second-order valence-electron chi connectivity index (χ2n) is 9.38. The summed E-state index contributed by atoms with van der Waals surface area (Å²) in [4.78, 5) is 21.5. The molecule has 1 saturated carbocycles. The van der Waals surface area contributed by atoms with Crippen molar-refractivity contribution >= 4 is 11.6 Å². The van der Waals surface area contributed by atoms with E-state index in [0.29, 0.717) is 12.3 Å². The third kappa shape index (κ3) is 5.61. The molecule has 7 nitrogen and oxygen atoms in total. The number of ether oxygens (including phenoxy) is 2. The molecule has 2 fully saturated rings. The molecule has 1 aliphatic carbocycles. The van der Waals surface area contributed by atoms with Gasteiger partial charge in [-0.2, -0.15) is 0 Å². The minimum absolute atomic E-state index is 0.0443. The lowest BCUT2D eigenvalue weighted by Gasteiger charge is -2.43. The van der Waals surface area contributed by atoms with Crippen molar-refractivity contribution in [2.75, 3.05) is 31.6 Å². The van der Waals surface area contributed by atoms with Gasteiger partial charge in [0.25, 0.3) is 0 Å². The number of rotatable bonds is 8. The number of benzene rings is 2. The number of amides is 1. The van der Waals surface area contributed by atoms with E-state index < -0.39 is 0 Å². The maximum atomic E-state index is 13.2. The molecular formula is C28H33N3O4. The molecule has 0 bridgehead atoms. The highest BCUT2D eigenvalue weighted by Gasteiger charge is 2.31. The first-order valence-corrected chi connectivity index (χ1v) is 12.5. The average molecular weight is 476 g/mol. The fourth-order valence-corrected chi connectivity index (χ4v) is 5.20. The Morgan fingerprint density at radius 1 is 1.09 bits per heavy atom. The van der Waals surface area contributed by atoms with Crippen LogP contribution in [0.4, 0.5) is 5.69 Å². The summed E-state index contributed by atoms with van der Waals surface area (Å²) >= 11 is 0. The summed E-state index contributed by atoms with van der Waals surface area (Å²) in [6, 6.07) is 16.6. The average Bonchev–Trinajstić information content (AvgIpc) is 3.59. The SMILES string of the molecule is COc1ccc(N2CCN(C(=O)Cc3cnco3)[C@@H](Cc3ccccc3)C2)cc1OC1CCCC1. The van der Waals surface area contributed by atoms with Crippen LogP contribution >= 0.6 is 0 Å². The van der Waals surface area contributed by atoms with Crippen molar-refractivity contribution in [2.24, 2.45) is 0 Å². The number of carbonyl (C=O) groups is 1. The van der Waals surface area contributed by atoms with Crippen molar-refractivity contribution in [2.45, 2.75) is 50.7 Å². The second-order valence-corrected chi connectivity index (χ2v) is 9.38. The zero-order valence-corrected chi connectivity index (χ0v) is 20.3. The molecule has 0 radical (unpaired) electrons. The Kier molecular flexibility index (Phi) is 7.21. The fraction of sp³-hybridized carbons (Fsp3) is 0.429. The van der Waals surface area contributed by atoms with Gasteiger partial charge in [-0.25, -0.2) is 4.98 Å². The number of oxazole rings is 1. The summed E-state index contributed by atoms with van der Waals surface area (Å²) in [5.74, 6) is 2.24. The normalized spacial score (nSPS) is 18.6. The minimum atomic E-state index is 0.0443. The van der Waals surface area contributed by atoms with Gasteiger partial charge in [-0.3, -0.25) is 4.79 Å². The van der Waals surface area contributed by atoms with Crippen LogP contribution in [0.15, 0.2) is 65.5 Å². The Hall–Kier alpha value is -3.48. The van der Waals surface area contributed by atoms with Crippen LogP contribution < -0.4 is 14.4 Å². The zero-order chi connectivity index (χ0) is 24.0. The summed E-state index contributed by atoms with van der Waals surface area (Å²) in [7, 11) is 1.69. The van der Waals surface area contributed by atoms with Gasteiger partial charge in [0.15, 0.2) is 17.9 Å². The molecule has 1 aliphatic heterocycles. The molecule has 3 aromatic rings. The van der Waals surface area contributed by atoms with Crippen LogP contribution in [0.3, 0.4) is 0 Å². The number of hydrogen-bond donors (Lipinski definition) is 0. The summed E-state index contributed by atoms with van der Waals surface area (Å²) < 4.78 is 17.3. The first-order chi connectivity index (χ1) is 17.2. The van der Waals surface area contributed by atoms with Crippen LogP contribution in [0, 0.1) is 0 Å². The van der Waals surface area contributed by atoms with E-state index in [4.69, 9.17) is 13.9 Å². The Labute approximate surface area is 206 Å². The molecule has 0 spiro atoms. The Bertz CT molecular complexity index is 1100. The number of hydrogen-bond acceptors (Lipinski definition) is 6. The number of carbonyl (C=O) groups excluding carboxylic acids is 1.